The van der Waals surface area contributed by atoms with Crippen molar-refractivity contribution in [2.24, 2.45) is 0 Å². The zero-order valence-corrected chi connectivity index (χ0v) is 12.1. The second kappa shape index (κ2) is 6.14. The highest BCUT2D eigenvalue weighted by molar-refractivity contribution is 9.11. The van der Waals surface area contributed by atoms with Crippen molar-refractivity contribution in [2.45, 2.75) is 6.54 Å². The van der Waals surface area contributed by atoms with E-state index < -0.39 is 0 Å². The molecule has 0 aliphatic heterocycles. The molecule has 0 bridgehead atoms. The Bertz CT molecular complexity index is 516. The molecular formula is C12H10BrNOS2. The molecule has 0 spiro atoms. The standard InChI is InChI=1S/C12H10BrNOS2/c13-11-6-9(8-17-11)7-14-12(15)4-3-10-2-1-5-16-10/h1-6,8H,7H2,(H,14,15). The highest BCUT2D eigenvalue weighted by atomic mass is 79.9. The van der Waals surface area contributed by atoms with Crippen molar-refractivity contribution in [3.05, 3.63) is 49.3 Å². The molecule has 0 radical (unpaired) electrons. The van der Waals surface area contributed by atoms with E-state index in [1.165, 1.54) is 0 Å². The summed E-state index contributed by atoms with van der Waals surface area (Å²) >= 11 is 6.62. The smallest absolute Gasteiger partial charge is 0.244 e. The minimum atomic E-state index is -0.0688. The average molecular weight is 328 g/mol. The van der Waals surface area contributed by atoms with E-state index >= 15 is 0 Å². The normalized spacial score (nSPS) is 10.9. The second-order valence-electron chi connectivity index (χ2n) is 3.33. The van der Waals surface area contributed by atoms with E-state index in [-0.39, 0.29) is 5.91 Å². The maximum atomic E-state index is 11.5. The summed E-state index contributed by atoms with van der Waals surface area (Å²) in [6.45, 7) is 0.565. The van der Waals surface area contributed by atoms with E-state index in [1.54, 1.807) is 28.7 Å². The molecule has 0 saturated carbocycles. The van der Waals surface area contributed by atoms with Gasteiger partial charge in [-0.2, -0.15) is 0 Å². The van der Waals surface area contributed by atoms with Crippen molar-refractivity contribution in [2.75, 3.05) is 0 Å². The van der Waals surface area contributed by atoms with Gasteiger partial charge in [0.1, 0.15) is 0 Å². The first-order valence-electron chi connectivity index (χ1n) is 4.96. The van der Waals surface area contributed by atoms with Crippen molar-refractivity contribution in [1.82, 2.24) is 5.32 Å². The first kappa shape index (κ1) is 12.5. The molecule has 2 aromatic rings. The lowest BCUT2D eigenvalue weighted by atomic mass is 10.3. The van der Waals surface area contributed by atoms with Crippen LogP contribution in [0.5, 0.6) is 0 Å². The van der Waals surface area contributed by atoms with Crippen molar-refractivity contribution in [3.63, 3.8) is 0 Å². The monoisotopic (exact) mass is 327 g/mol. The van der Waals surface area contributed by atoms with Crippen LogP contribution in [-0.2, 0) is 11.3 Å². The van der Waals surface area contributed by atoms with Crippen LogP contribution in [0.4, 0.5) is 0 Å². The van der Waals surface area contributed by atoms with Crippen molar-refractivity contribution >= 4 is 50.6 Å². The molecule has 2 heterocycles. The fraction of sp³-hybridized carbons (Fsp3) is 0.0833. The molecule has 1 amide bonds. The molecule has 0 aliphatic rings. The van der Waals surface area contributed by atoms with Gasteiger partial charge in [-0.05, 0) is 50.5 Å². The lowest BCUT2D eigenvalue weighted by Crippen LogP contribution is -2.19. The average Bonchev–Trinajstić information content (AvgIpc) is 2.95. The molecule has 17 heavy (non-hydrogen) atoms. The first-order chi connectivity index (χ1) is 8.24. The van der Waals surface area contributed by atoms with E-state index in [1.807, 2.05) is 35.0 Å². The van der Waals surface area contributed by atoms with Crippen LogP contribution in [0.2, 0.25) is 0 Å². The zero-order valence-electron chi connectivity index (χ0n) is 8.85. The van der Waals surface area contributed by atoms with Gasteiger partial charge in [0.15, 0.2) is 0 Å². The summed E-state index contributed by atoms with van der Waals surface area (Å²) in [7, 11) is 0. The molecule has 0 aliphatic carbocycles. The third kappa shape index (κ3) is 4.11. The summed E-state index contributed by atoms with van der Waals surface area (Å²) in [4.78, 5) is 12.6. The molecular weight excluding hydrogens is 318 g/mol. The summed E-state index contributed by atoms with van der Waals surface area (Å²) in [5.74, 6) is -0.0688. The first-order valence-corrected chi connectivity index (χ1v) is 7.51. The lowest BCUT2D eigenvalue weighted by molar-refractivity contribution is -0.116. The van der Waals surface area contributed by atoms with Crippen LogP contribution < -0.4 is 5.32 Å². The molecule has 0 aromatic carbocycles. The van der Waals surface area contributed by atoms with Gasteiger partial charge in [-0.25, -0.2) is 0 Å². The SMILES string of the molecule is O=C(C=Cc1cccs1)NCc1csc(Br)c1. The Balaban J connectivity index is 1.82. The van der Waals surface area contributed by atoms with Gasteiger partial charge in [0.05, 0.1) is 3.79 Å². The maximum absolute atomic E-state index is 11.5. The van der Waals surface area contributed by atoms with Crippen LogP contribution in [0.1, 0.15) is 10.4 Å². The molecule has 88 valence electrons. The summed E-state index contributed by atoms with van der Waals surface area (Å²) in [5, 5.41) is 6.85. The van der Waals surface area contributed by atoms with E-state index in [0.29, 0.717) is 6.54 Å². The molecule has 0 atom stereocenters. The molecule has 2 nitrogen and oxygen atoms in total. The Labute approximate surface area is 116 Å². The summed E-state index contributed by atoms with van der Waals surface area (Å²) in [6.07, 6.45) is 3.39. The third-order valence-electron chi connectivity index (χ3n) is 2.03. The molecule has 0 fully saturated rings. The summed E-state index contributed by atoms with van der Waals surface area (Å²) < 4.78 is 1.08. The van der Waals surface area contributed by atoms with Crippen LogP contribution in [-0.4, -0.2) is 5.91 Å². The van der Waals surface area contributed by atoms with Crippen LogP contribution in [0, 0.1) is 0 Å². The van der Waals surface area contributed by atoms with Gasteiger partial charge in [0, 0.05) is 17.5 Å². The molecule has 2 aromatic heterocycles. The molecule has 0 saturated heterocycles. The highest BCUT2D eigenvalue weighted by Gasteiger charge is 1.99. The van der Waals surface area contributed by atoms with Crippen molar-refractivity contribution in [1.29, 1.82) is 0 Å². The number of rotatable bonds is 4. The van der Waals surface area contributed by atoms with Gasteiger partial charge >= 0.3 is 0 Å². The Kier molecular flexibility index (Phi) is 4.53. The number of halogens is 1. The Morgan fingerprint density at radius 3 is 3.00 bits per heavy atom. The predicted molar refractivity (Wildman–Crippen MR) is 77.2 cm³/mol. The van der Waals surface area contributed by atoms with E-state index in [9.17, 15) is 4.79 Å². The van der Waals surface area contributed by atoms with Gasteiger partial charge < -0.3 is 5.32 Å². The summed E-state index contributed by atoms with van der Waals surface area (Å²) in [5.41, 5.74) is 1.11. The van der Waals surface area contributed by atoms with Crippen LogP contribution in [0.15, 0.2) is 38.8 Å². The number of hydrogen-bond donors (Lipinski definition) is 1. The van der Waals surface area contributed by atoms with Crippen molar-refractivity contribution < 1.29 is 4.79 Å². The maximum Gasteiger partial charge on any atom is 0.244 e. The quantitative estimate of drug-likeness (QED) is 0.848. The minimum absolute atomic E-state index is 0.0688. The second-order valence-corrected chi connectivity index (χ2v) is 6.60. The Morgan fingerprint density at radius 1 is 1.47 bits per heavy atom. The third-order valence-corrected chi connectivity index (χ3v) is 4.42. The fourth-order valence-corrected chi connectivity index (χ4v) is 3.06. The topological polar surface area (TPSA) is 29.1 Å². The van der Waals surface area contributed by atoms with Crippen LogP contribution in [0.3, 0.4) is 0 Å². The Morgan fingerprint density at radius 2 is 2.35 bits per heavy atom. The number of hydrogen-bond acceptors (Lipinski definition) is 3. The van der Waals surface area contributed by atoms with Crippen LogP contribution in [0.25, 0.3) is 6.08 Å². The predicted octanol–water partition coefficient (Wildman–Crippen LogP) is 3.90. The van der Waals surface area contributed by atoms with E-state index in [0.717, 1.165) is 14.2 Å². The number of carbonyl (C=O) groups excluding carboxylic acids is 1. The van der Waals surface area contributed by atoms with Gasteiger partial charge in [0.25, 0.3) is 0 Å². The van der Waals surface area contributed by atoms with Gasteiger partial charge in [0.2, 0.25) is 5.91 Å². The van der Waals surface area contributed by atoms with Crippen LogP contribution >= 0.6 is 38.6 Å². The molecule has 0 unspecified atom stereocenters. The fourth-order valence-electron chi connectivity index (χ4n) is 1.23. The highest BCUT2D eigenvalue weighted by Crippen LogP contribution is 2.20. The molecule has 2 rings (SSSR count). The number of amides is 1. The lowest BCUT2D eigenvalue weighted by Gasteiger charge is -1.98. The molecule has 1 N–H and O–H groups in total. The zero-order chi connectivity index (χ0) is 12.1. The number of thiophene rings is 2. The number of nitrogens with one attached hydrogen (secondary N) is 1. The van der Waals surface area contributed by atoms with Crippen molar-refractivity contribution in [3.8, 4) is 0 Å². The minimum Gasteiger partial charge on any atom is -0.348 e. The Hall–Kier alpha value is -0.910. The largest absolute Gasteiger partial charge is 0.348 e. The molecule has 5 heteroatoms. The number of carbonyl (C=O) groups is 1. The van der Waals surface area contributed by atoms with E-state index in [4.69, 9.17) is 0 Å². The van der Waals surface area contributed by atoms with E-state index in [2.05, 4.69) is 21.2 Å². The van der Waals surface area contributed by atoms with Gasteiger partial charge in [-0.1, -0.05) is 6.07 Å². The van der Waals surface area contributed by atoms with Gasteiger partial charge in [-0.3, -0.25) is 4.79 Å². The van der Waals surface area contributed by atoms with Gasteiger partial charge in [-0.15, -0.1) is 22.7 Å². The summed E-state index contributed by atoms with van der Waals surface area (Å²) in [6, 6.07) is 5.95.